The number of amides is 1. The molecule has 4 heterocycles. The smallest absolute Gasteiger partial charge is 0.256 e. The summed E-state index contributed by atoms with van der Waals surface area (Å²) >= 11 is 0. The molecule has 3 aliphatic heterocycles. The number of carbonyl (C=O) groups is 1. The van der Waals surface area contributed by atoms with Gasteiger partial charge in [0.05, 0.1) is 12.6 Å². The van der Waals surface area contributed by atoms with E-state index in [0.29, 0.717) is 6.61 Å². The largest absolute Gasteiger partial charge is 0.363 e. The van der Waals surface area contributed by atoms with Crippen LogP contribution in [0.3, 0.4) is 0 Å². The summed E-state index contributed by atoms with van der Waals surface area (Å²) in [6, 6.07) is 8.09. The van der Waals surface area contributed by atoms with Crippen LogP contribution in [-0.4, -0.2) is 52.4 Å². The molecule has 0 spiro atoms. The SMILES string of the molecule is CN1CCc2nc([C@H]3CCCN3C(=O)[C@@H]3OCCc4ccccc43)ncc2C1. The monoisotopic (exact) mass is 378 g/mol. The first-order valence-corrected chi connectivity index (χ1v) is 10.2. The van der Waals surface area contributed by atoms with Gasteiger partial charge in [-0.25, -0.2) is 9.97 Å². The normalized spacial score (nSPS) is 24.7. The molecule has 0 radical (unpaired) electrons. The van der Waals surface area contributed by atoms with E-state index in [1.807, 2.05) is 29.3 Å². The number of likely N-dealkylation sites (tertiary alicyclic amines) is 1. The zero-order valence-corrected chi connectivity index (χ0v) is 16.3. The van der Waals surface area contributed by atoms with Crippen molar-refractivity contribution in [3.8, 4) is 0 Å². The third kappa shape index (κ3) is 3.10. The third-order valence-electron chi connectivity index (χ3n) is 6.20. The fourth-order valence-electron chi connectivity index (χ4n) is 4.68. The van der Waals surface area contributed by atoms with Crippen molar-refractivity contribution in [3.05, 3.63) is 58.7 Å². The Kier molecular flexibility index (Phi) is 4.61. The van der Waals surface area contributed by atoms with Gasteiger partial charge in [0.1, 0.15) is 0 Å². The van der Waals surface area contributed by atoms with Gasteiger partial charge < -0.3 is 14.5 Å². The number of hydrogen-bond donors (Lipinski definition) is 0. The summed E-state index contributed by atoms with van der Waals surface area (Å²) in [6.07, 6.45) is 5.16. The molecule has 6 nitrogen and oxygen atoms in total. The van der Waals surface area contributed by atoms with Gasteiger partial charge in [-0.15, -0.1) is 0 Å². The molecule has 2 aromatic rings. The lowest BCUT2D eigenvalue weighted by atomic mass is 9.96. The van der Waals surface area contributed by atoms with Crippen molar-refractivity contribution in [2.24, 2.45) is 0 Å². The summed E-state index contributed by atoms with van der Waals surface area (Å²) in [7, 11) is 2.12. The molecular weight excluding hydrogens is 352 g/mol. The number of fused-ring (bicyclic) bond motifs is 2. The van der Waals surface area contributed by atoms with Gasteiger partial charge in [-0.3, -0.25) is 4.79 Å². The minimum Gasteiger partial charge on any atom is -0.363 e. The highest BCUT2D eigenvalue weighted by Gasteiger charge is 2.38. The van der Waals surface area contributed by atoms with Crippen molar-refractivity contribution >= 4 is 5.91 Å². The molecule has 28 heavy (non-hydrogen) atoms. The number of benzene rings is 1. The Balaban J connectivity index is 1.41. The van der Waals surface area contributed by atoms with E-state index in [4.69, 9.17) is 9.72 Å². The molecule has 6 heteroatoms. The molecule has 146 valence electrons. The molecular formula is C22H26N4O2. The maximum atomic E-state index is 13.4. The van der Waals surface area contributed by atoms with Crippen molar-refractivity contribution < 1.29 is 9.53 Å². The molecule has 5 rings (SSSR count). The molecule has 1 saturated heterocycles. The summed E-state index contributed by atoms with van der Waals surface area (Å²) in [5.74, 6) is 0.842. The predicted molar refractivity (Wildman–Crippen MR) is 105 cm³/mol. The predicted octanol–water partition coefficient (Wildman–Crippen LogP) is 2.44. The van der Waals surface area contributed by atoms with Gasteiger partial charge in [0.15, 0.2) is 11.9 Å². The third-order valence-corrected chi connectivity index (χ3v) is 6.20. The molecule has 1 fully saturated rings. The van der Waals surface area contributed by atoms with Crippen LogP contribution in [0.5, 0.6) is 0 Å². The Morgan fingerprint density at radius 3 is 3.00 bits per heavy atom. The first-order valence-electron chi connectivity index (χ1n) is 10.2. The fourth-order valence-corrected chi connectivity index (χ4v) is 4.68. The number of ether oxygens (including phenoxy) is 1. The maximum Gasteiger partial charge on any atom is 0.256 e. The first kappa shape index (κ1) is 17.8. The Morgan fingerprint density at radius 2 is 2.07 bits per heavy atom. The number of carbonyl (C=O) groups excluding carboxylic acids is 1. The molecule has 0 unspecified atom stereocenters. The molecule has 0 N–H and O–H groups in total. The van der Waals surface area contributed by atoms with Crippen LogP contribution >= 0.6 is 0 Å². The Bertz CT molecular complexity index is 900. The Morgan fingerprint density at radius 1 is 1.18 bits per heavy atom. The highest BCUT2D eigenvalue weighted by Crippen LogP contribution is 2.36. The quantitative estimate of drug-likeness (QED) is 0.803. The second kappa shape index (κ2) is 7.26. The standard InChI is InChI=1S/C22H26N4O2/c1-25-11-8-18-16(14-25)13-23-21(24-18)19-7-4-10-26(19)22(27)20-17-6-3-2-5-15(17)9-12-28-20/h2-3,5-6,13,19-20H,4,7-12,14H2,1H3/t19-,20-/m1/s1. The van der Waals surface area contributed by atoms with E-state index >= 15 is 0 Å². The Labute approximate surface area is 165 Å². The van der Waals surface area contributed by atoms with E-state index < -0.39 is 6.10 Å². The average molecular weight is 378 g/mol. The van der Waals surface area contributed by atoms with Crippen LogP contribution in [0.4, 0.5) is 0 Å². The van der Waals surface area contributed by atoms with E-state index in [9.17, 15) is 4.79 Å². The van der Waals surface area contributed by atoms with Crippen LogP contribution in [0, 0.1) is 0 Å². The van der Waals surface area contributed by atoms with Crippen LogP contribution in [0.15, 0.2) is 30.5 Å². The van der Waals surface area contributed by atoms with Gasteiger partial charge >= 0.3 is 0 Å². The highest BCUT2D eigenvalue weighted by molar-refractivity contribution is 5.83. The molecule has 2 atom stereocenters. The first-order chi connectivity index (χ1) is 13.7. The van der Waals surface area contributed by atoms with E-state index in [-0.39, 0.29) is 11.9 Å². The molecule has 0 bridgehead atoms. The molecule has 3 aliphatic rings. The highest BCUT2D eigenvalue weighted by atomic mass is 16.5. The van der Waals surface area contributed by atoms with Crippen LogP contribution in [-0.2, 0) is 28.9 Å². The minimum atomic E-state index is -0.503. The molecule has 1 aromatic heterocycles. The van der Waals surface area contributed by atoms with Crippen molar-refractivity contribution in [3.63, 3.8) is 0 Å². The lowest BCUT2D eigenvalue weighted by Crippen LogP contribution is -2.38. The van der Waals surface area contributed by atoms with Crippen molar-refractivity contribution in [2.75, 3.05) is 26.7 Å². The molecule has 0 aliphatic carbocycles. The summed E-state index contributed by atoms with van der Waals surface area (Å²) in [5, 5.41) is 0. The lowest BCUT2D eigenvalue weighted by molar-refractivity contribution is -0.146. The van der Waals surface area contributed by atoms with Gasteiger partial charge in [0, 0.05) is 43.5 Å². The van der Waals surface area contributed by atoms with Gasteiger partial charge in [-0.2, -0.15) is 0 Å². The van der Waals surface area contributed by atoms with Crippen molar-refractivity contribution in [2.45, 2.75) is 44.4 Å². The van der Waals surface area contributed by atoms with Crippen molar-refractivity contribution in [1.29, 1.82) is 0 Å². The Hall–Kier alpha value is -2.31. The number of hydrogen-bond acceptors (Lipinski definition) is 5. The second-order valence-corrected chi connectivity index (χ2v) is 8.08. The van der Waals surface area contributed by atoms with Crippen molar-refractivity contribution in [1.82, 2.24) is 19.8 Å². The maximum absolute atomic E-state index is 13.4. The molecule has 0 saturated carbocycles. The lowest BCUT2D eigenvalue weighted by Gasteiger charge is -2.32. The van der Waals surface area contributed by atoms with E-state index in [1.54, 1.807) is 0 Å². The van der Waals surface area contributed by atoms with Gasteiger partial charge in [-0.05, 0) is 37.4 Å². The zero-order chi connectivity index (χ0) is 19.1. The number of rotatable bonds is 2. The number of nitrogens with zero attached hydrogens (tertiary/aromatic N) is 4. The fraction of sp³-hybridized carbons (Fsp3) is 0.500. The number of likely N-dealkylation sites (N-methyl/N-ethyl adjacent to an activating group) is 1. The minimum absolute atomic E-state index is 0.0462. The van der Waals surface area contributed by atoms with Crippen LogP contribution in [0.25, 0.3) is 0 Å². The van der Waals surface area contributed by atoms with Crippen LogP contribution < -0.4 is 0 Å². The van der Waals surface area contributed by atoms with Gasteiger partial charge in [0.25, 0.3) is 5.91 Å². The summed E-state index contributed by atoms with van der Waals surface area (Å²) < 4.78 is 5.93. The van der Waals surface area contributed by atoms with Gasteiger partial charge in [-0.1, -0.05) is 24.3 Å². The number of aromatic nitrogens is 2. The summed E-state index contributed by atoms with van der Waals surface area (Å²) in [4.78, 5) is 27.2. The van der Waals surface area contributed by atoms with E-state index in [2.05, 4.69) is 23.0 Å². The van der Waals surface area contributed by atoms with Crippen LogP contribution in [0.1, 0.15) is 53.2 Å². The van der Waals surface area contributed by atoms with Crippen LogP contribution in [0.2, 0.25) is 0 Å². The molecule has 1 aromatic carbocycles. The summed E-state index contributed by atoms with van der Waals surface area (Å²) in [6.45, 7) is 3.25. The summed E-state index contributed by atoms with van der Waals surface area (Å²) in [5.41, 5.74) is 4.58. The second-order valence-electron chi connectivity index (χ2n) is 8.08. The average Bonchev–Trinajstić information content (AvgIpc) is 3.22. The van der Waals surface area contributed by atoms with E-state index in [0.717, 1.165) is 62.4 Å². The van der Waals surface area contributed by atoms with E-state index in [1.165, 1.54) is 11.1 Å². The zero-order valence-electron chi connectivity index (χ0n) is 16.3. The molecule has 1 amide bonds. The van der Waals surface area contributed by atoms with Gasteiger partial charge in [0.2, 0.25) is 0 Å². The topological polar surface area (TPSA) is 58.6 Å².